The van der Waals surface area contributed by atoms with Crippen LogP contribution in [-0.4, -0.2) is 31.5 Å². The molecule has 0 amide bonds. The molecule has 1 aliphatic rings. The van der Waals surface area contributed by atoms with Crippen molar-refractivity contribution < 1.29 is 23.0 Å². The maximum Gasteiger partial charge on any atom is 0.343 e. The van der Waals surface area contributed by atoms with Gasteiger partial charge < -0.3 is 9.47 Å². The number of alkyl halides is 2. The molecule has 0 aliphatic heterocycles. The van der Waals surface area contributed by atoms with Crippen molar-refractivity contribution in [2.75, 3.05) is 20.0 Å². The Bertz CT molecular complexity index is 793. The summed E-state index contributed by atoms with van der Waals surface area (Å²) in [6.45, 7) is 10.1. The van der Waals surface area contributed by atoms with E-state index in [1.165, 1.54) is 11.3 Å². The van der Waals surface area contributed by atoms with Crippen molar-refractivity contribution in [3.63, 3.8) is 0 Å². The molecule has 2 rings (SSSR count). The first-order valence-electron chi connectivity index (χ1n) is 10.5. The van der Waals surface area contributed by atoms with Gasteiger partial charge in [-0.3, -0.25) is 8.78 Å². The molecule has 1 aromatic heterocycles. The fourth-order valence-electron chi connectivity index (χ4n) is 4.09. The van der Waals surface area contributed by atoms with Gasteiger partial charge in [-0.25, -0.2) is 4.79 Å². The van der Waals surface area contributed by atoms with Crippen LogP contribution in [0.1, 0.15) is 76.3 Å². The minimum atomic E-state index is -1.31. The van der Waals surface area contributed by atoms with Gasteiger partial charge in [0.15, 0.2) is 5.60 Å². The molecule has 0 fully saturated rings. The molecule has 3 nitrogen and oxygen atoms in total. The summed E-state index contributed by atoms with van der Waals surface area (Å²) < 4.78 is 39.4. The van der Waals surface area contributed by atoms with Gasteiger partial charge in [-0.15, -0.1) is 11.3 Å². The summed E-state index contributed by atoms with van der Waals surface area (Å²) in [4.78, 5) is 14.1. The molecule has 0 N–H and O–H groups in total. The quantitative estimate of drug-likeness (QED) is 0.383. The number of ether oxygens (including phenoxy) is 2. The summed E-state index contributed by atoms with van der Waals surface area (Å²) in [5.74, 6) is -0.445. The zero-order chi connectivity index (χ0) is 22.7. The van der Waals surface area contributed by atoms with E-state index in [1.54, 1.807) is 6.92 Å². The zero-order valence-corrected chi connectivity index (χ0v) is 20.4. The lowest BCUT2D eigenvalue weighted by Crippen LogP contribution is -2.45. The first-order chi connectivity index (χ1) is 14.0. The standard InChI is InChI=1S/C23H33ClF2O3S/c1-7-23(20(27)28-8-2,29-21(4,5)6)18-15(3)30-19(24)17(18)16-9-11-22(13-25,14-26)12-10-16/h9H,7-8,10-14H2,1-6H3. The molecule has 0 spiro atoms. The summed E-state index contributed by atoms with van der Waals surface area (Å²) in [7, 11) is 0. The van der Waals surface area contributed by atoms with Crippen LogP contribution in [0.15, 0.2) is 6.08 Å². The van der Waals surface area contributed by atoms with E-state index in [0.29, 0.717) is 35.6 Å². The number of aryl methyl sites for hydroxylation is 1. The highest BCUT2D eigenvalue weighted by atomic mass is 35.5. The van der Waals surface area contributed by atoms with Crippen molar-refractivity contribution in [1.29, 1.82) is 0 Å². The highest BCUT2D eigenvalue weighted by Gasteiger charge is 2.49. The molecular weight excluding hydrogens is 430 g/mol. The van der Waals surface area contributed by atoms with Crippen LogP contribution in [0.4, 0.5) is 8.78 Å². The summed E-state index contributed by atoms with van der Waals surface area (Å²) >= 11 is 8.05. The first-order valence-corrected chi connectivity index (χ1v) is 11.7. The Hall–Kier alpha value is -0.980. The van der Waals surface area contributed by atoms with E-state index in [0.717, 1.165) is 16.0 Å². The van der Waals surface area contributed by atoms with Gasteiger partial charge in [0, 0.05) is 21.4 Å². The minimum Gasteiger partial charge on any atom is -0.464 e. The third kappa shape index (κ3) is 4.91. The number of hydrogen-bond acceptors (Lipinski definition) is 4. The molecule has 1 aromatic rings. The highest BCUT2D eigenvalue weighted by Crippen LogP contribution is 2.50. The third-order valence-corrected chi connectivity index (χ3v) is 6.94. The summed E-state index contributed by atoms with van der Waals surface area (Å²) in [6.07, 6.45) is 3.45. The lowest BCUT2D eigenvalue weighted by molar-refractivity contribution is -0.194. The van der Waals surface area contributed by atoms with E-state index < -0.39 is 35.9 Å². The summed E-state index contributed by atoms with van der Waals surface area (Å²) in [5.41, 5.74) is -0.493. The first kappa shape index (κ1) is 25.3. The predicted octanol–water partition coefficient (Wildman–Crippen LogP) is 7.19. The number of halogens is 3. The van der Waals surface area contributed by atoms with Crippen LogP contribution in [0.2, 0.25) is 4.34 Å². The lowest BCUT2D eigenvalue weighted by atomic mass is 9.74. The smallest absolute Gasteiger partial charge is 0.343 e. The second-order valence-corrected chi connectivity index (χ2v) is 10.8. The minimum absolute atomic E-state index is 0.235. The third-order valence-electron chi connectivity index (χ3n) is 5.62. The maximum atomic E-state index is 13.5. The van der Waals surface area contributed by atoms with Gasteiger partial charge in [-0.05, 0) is 65.9 Å². The Balaban J connectivity index is 2.67. The monoisotopic (exact) mass is 462 g/mol. The SMILES string of the molecule is CCOC(=O)C(CC)(OC(C)(C)C)c1c(C)sc(Cl)c1C1=CCC(CF)(CF)CC1. The molecule has 1 aliphatic carbocycles. The number of thiophene rings is 1. The molecule has 0 radical (unpaired) electrons. The largest absolute Gasteiger partial charge is 0.464 e. The van der Waals surface area contributed by atoms with Crippen molar-refractivity contribution in [3.8, 4) is 0 Å². The second kappa shape index (κ2) is 9.66. The molecule has 170 valence electrons. The number of allylic oxidation sites excluding steroid dienone is 2. The Kier molecular flexibility index (Phi) is 8.14. The Labute approximate surface area is 187 Å². The van der Waals surface area contributed by atoms with Crippen LogP contribution in [0, 0.1) is 12.3 Å². The number of carbonyl (C=O) groups excluding carboxylic acids is 1. The van der Waals surface area contributed by atoms with E-state index in [1.807, 2.05) is 40.7 Å². The second-order valence-electron chi connectivity index (χ2n) is 9.00. The van der Waals surface area contributed by atoms with Crippen molar-refractivity contribution in [2.24, 2.45) is 5.41 Å². The van der Waals surface area contributed by atoms with Gasteiger partial charge in [0.05, 0.1) is 25.6 Å². The van der Waals surface area contributed by atoms with Gasteiger partial charge in [0.1, 0.15) is 4.34 Å². The van der Waals surface area contributed by atoms with Crippen LogP contribution >= 0.6 is 22.9 Å². The molecule has 7 heteroatoms. The highest BCUT2D eigenvalue weighted by molar-refractivity contribution is 7.16. The summed E-state index contributed by atoms with van der Waals surface area (Å²) in [6, 6.07) is 0. The normalized spacial score (nSPS) is 18.6. The molecule has 0 aromatic carbocycles. The summed E-state index contributed by atoms with van der Waals surface area (Å²) in [5, 5.41) is 0. The van der Waals surface area contributed by atoms with Gasteiger partial charge in [0.25, 0.3) is 0 Å². The van der Waals surface area contributed by atoms with Gasteiger partial charge in [0.2, 0.25) is 0 Å². The van der Waals surface area contributed by atoms with E-state index in [4.69, 9.17) is 21.1 Å². The topological polar surface area (TPSA) is 35.5 Å². The number of carbonyl (C=O) groups is 1. The number of esters is 1. The van der Waals surface area contributed by atoms with E-state index in [9.17, 15) is 13.6 Å². The van der Waals surface area contributed by atoms with Crippen molar-refractivity contribution >= 4 is 34.5 Å². The molecule has 1 unspecified atom stereocenters. The van der Waals surface area contributed by atoms with Crippen molar-refractivity contribution in [3.05, 3.63) is 26.4 Å². The van der Waals surface area contributed by atoms with E-state index >= 15 is 0 Å². The Morgan fingerprint density at radius 2 is 1.90 bits per heavy atom. The average Bonchev–Trinajstić information content (AvgIpc) is 2.99. The van der Waals surface area contributed by atoms with Crippen molar-refractivity contribution in [1.82, 2.24) is 0 Å². The van der Waals surface area contributed by atoms with Gasteiger partial charge in [-0.1, -0.05) is 24.6 Å². The Morgan fingerprint density at radius 3 is 2.33 bits per heavy atom. The number of hydrogen-bond donors (Lipinski definition) is 0. The van der Waals surface area contributed by atoms with Crippen LogP contribution in [0.5, 0.6) is 0 Å². The number of rotatable bonds is 8. The zero-order valence-electron chi connectivity index (χ0n) is 18.8. The molecule has 1 atom stereocenters. The van der Waals surface area contributed by atoms with Crippen molar-refractivity contribution in [2.45, 2.75) is 78.4 Å². The molecule has 30 heavy (non-hydrogen) atoms. The molecule has 0 saturated heterocycles. The molecular formula is C23H33ClF2O3S. The molecule has 0 bridgehead atoms. The van der Waals surface area contributed by atoms with Gasteiger partial charge >= 0.3 is 5.97 Å². The fraction of sp³-hybridized carbons (Fsp3) is 0.696. The Morgan fingerprint density at radius 1 is 1.27 bits per heavy atom. The van der Waals surface area contributed by atoms with Crippen LogP contribution < -0.4 is 0 Å². The van der Waals surface area contributed by atoms with Crippen LogP contribution in [-0.2, 0) is 19.9 Å². The van der Waals surface area contributed by atoms with E-state index in [2.05, 4.69) is 0 Å². The van der Waals surface area contributed by atoms with E-state index in [-0.39, 0.29) is 6.61 Å². The van der Waals surface area contributed by atoms with Crippen LogP contribution in [0.25, 0.3) is 5.57 Å². The predicted molar refractivity (Wildman–Crippen MR) is 120 cm³/mol. The average molecular weight is 463 g/mol. The fourth-order valence-corrected chi connectivity index (χ4v) is 5.63. The molecule has 1 heterocycles. The van der Waals surface area contributed by atoms with Gasteiger partial charge in [-0.2, -0.15) is 0 Å². The van der Waals surface area contributed by atoms with Crippen LogP contribution in [0.3, 0.4) is 0 Å². The lowest BCUT2D eigenvalue weighted by Gasteiger charge is -2.38. The molecule has 0 saturated carbocycles. The maximum absolute atomic E-state index is 13.5.